The van der Waals surface area contributed by atoms with E-state index in [-0.39, 0.29) is 23.9 Å². The van der Waals surface area contributed by atoms with E-state index >= 15 is 0 Å². The van der Waals surface area contributed by atoms with E-state index in [0.717, 1.165) is 0 Å². The van der Waals surface area contributed by atoms with Crippen molar-refractivity contribution >= 4 is 17.7 Å². The van der Waals surface area contributed by atoms with Crippen molar-refractivity contribution in [3.63, 3.8) is 0 Å². The molecule has 17 heavy (non-hydrogen) atoms. The lowest BCUT2D eigenvalue weighted by Gasteiger charge is -2.30. The van der Waals surface area contributed by atoms with Crippen molar-refractivity contribution in [2.45, 2.75) is 19.8 Å². The van der Waals surface area contributed by atoms with Crippen molar-refractivity contribution in [2.24, 2.45) is 0 Å². The van der Waals surface area contributed by atoms with Gasteiger partial charge < -0.3 is 4.74 Å². The SMILES string of the molecule is CCOC(=O)N1CCCC2=C1C(=O)C=CC2=O. The quantitative estimate of drug-likeness (QED) is 0.641. The van der Waals surface area contributed by atoms with Crippen molar-refractivity contribution in [1.82, 2.24) is 4.90 Å². The van der Waals surface area contributed by atoms with E-state index in [2.05, 4.69) is 0 Å². The number of rotatable bonds is 1. The minimum atomic E-state index is -0.559. The third kappa shape index (κ3) is 2.00. The standard InChI is InChI=1S/C12H13NO4/c1-2-17-12(16)13-7-3-4-8-9(14)5-6-10(15)11(8)13/h5-6H,2-4,7H2,1H3. The topological polar surface area (TPSA) is 63.7 Å². The Kier molecular flexibility index (Phi) is 3.08. The van der Waals surface area contributed by atoms with Gasteiger partial charge >= 0.3 is 6.09 Å². The molecule has 0 unspecified atom stereocenters. The first-order chi connectivity index (χ1) is 8.15. The molecule has 1 amide bonds. The van der Waals surface area contributed by atoms with Crippen molar-refractivity contribution in [3.05, 3.63) is 23.4 Å². The highest BCUT2D eigenvalue weighted by molar-refractivity contribution is 6.20. The van der Waals surface area contributed by atoms with Crippen molar-refractivity contribution in [3.8, 4) is 0 Å². The summed E-state index contributed by atoms with van der Waals surface area (Å²) in [5.41, 5.74) is 0.624. The molecule has 0 bridgehead atoms. The molecule has 0 radical (unpaired) electrons. The number of hydrogen-bond donors (Lipinski definition) is 0. The molecule has 1 aliphatic carbocycles. The van der Waals surface area contributed by atoms with Gasteiger partial charge in [0.2, 0.25) is 5.78 Å². The lowest BCUT2D eigenvalue weighted by Crippen LogP contribution is -2.40. The molecule has 0 saturated carbocycles. The Bertz CT molecular complexity index is 447. The normalized spacial score (nSPS) is 19.5. The molecule has 1 aliphatic heterocycles. The summed E-state index contributed by atoms with van der Waals surface area (Å²) in [7, 11) is 0. The molecule has 2 aliphatic rings. The molecule has 2 rings (SSSR count). The summed E-state index contributed by atoms with van der Waals surface area (Å²) in [6, 6.07) is 0. The number of carbonyl (C=O) groups excluding carboxylic acids is 3. The van der Waals surface area contributed by atoms with Crippen LogP contribution in [0.25, 0.3) is 0 Å². The summed E-state index contributed by atoms with van der Waals surface area (Å²) in [5, 5.41) is 0. The Balaban J connectivity index is 2.36. The number of allylic oxidation sites excluding steroid dienone is 3. The second-order valence-electron chi connectivity index (χ2n) is 3.84. The van der Waals surface area contributed by atoms with E-state index in [0.29, 0.717) is 25.0 Å². The van der Waals surface area contributed by atoms with Gasteiger partial charge in [-0.15, -0.1) is 0 Å². The zero-order chi connectivity index (χ0) is 12.4. The van der Waals surface area contributed by atoms with Gasteiger partial charge in [-0.25, -0.2) is 4.79 Å². The van der Waals surface area contributed by atoms with Crippen LogP contribution in [0, 0.1) is 0 Å². The van der Waals surface area contributed by atoms with E-state index in [4.69, 9.17) is 4.74 Å². The monoisotopic (exact) mass is 235 g/mol. The van der Waals surface area contributed by atoms with Gasteiger partial charge in [-0.1, -0.05) is 0 Å². The average molecular weight is 235 g/mol. The highest BCUT2D eigenvalue weighted by Crippen LogP contribution is 2.27. The molecule has 0 N–H and O–H groups in total. The number of nitrogens with zero attached hydrogens (tertiary/aromatic N) is 1. The van der Waals surface area contributed by atoms with Gasteiger partial charge in [0.15, 0.2) is 5.78 Å². The van der Waals surface area contributed by atoms with Gasteiger partial charge in [0.05, 0.1) is 6.61 Å². The maximum atomic E-state index is 11.7. The Morgan fingerprint density at radius 1 is 1.35 bits per heavy atom. The molecule has 0 saturated heterocycles. The predicted octanol–water partition coefficient (Wildman–Crippen LogP) is 1.20. The minimum Gasteiger partial charge on any atom is -0.449 e. The van der Waals surface area contributed by atoms with Gasteiger partial charge in [-0.05, 0) is 31.9 Å². The van der Waals surface area contributed by atoms with E-state index in [9.17, 15) is 14.4 Å². The first-order valence-corrected chi connectivity index (χ1v) is 5.59. The second kappa shape index (κ2) is 4.53. The van der Waals surface area contributed by atoms with Crippen LogP contribution in [0.2, 0.25) is 0 Å². The molecule has 0 aromatic rings. The van der Waals surface area contributed by atoms with Crippen LogP contribution in [0.4, 0.5) is 4.79 Å². The summed E-state index contributed by atoms with van der Waals surface area (Å²) >= 11 is 0. The van der Waals surface area contributed by atoms with Crippen molar-refractivity contribution < 1.29 is 19.1 Å². The Morgan fingerprint density at radius 3 is 2.76 bits per heavy atom. The Labute approximate surface area is 98.7 Å². The maximum absolute atomic E-state index is 11.7. The number of carbonyl (C=O) groups is 3. The maximum Gasteiger partial charge on any atom is 0.414 e. The highest BCUT2D eigenvalue weighted by atomic mass is 16.6. The lowest BCUT2D eigenvalue weighted by molar-refractivity contribution is -0.116. The number of ketones is 2. The van der Waals surface area contributed by atoms with Gasteiger partial charge in [0, 0.05) is 12.1 Å². The van der Waals surface area contributed by atoms with Gasteiger partial charge in [-0.2, -0.15) is 0 Å². The van der Waals surface area contributed by atoms with Crippen LogP contribution in [0.15, 0.2) is 23.4 Å². The highest BCUT2D eigenvalue weighted by Gasteiger charge is 2.33. The lowest BCUT2D eigenvalue weighted by atomic mass is 9.92. The van der Waals surface area contributed by atoms with Gasteiger partial charge in [0.25, 0.3) is 0 Å². The number of hydrogen-bond acceptors (Lipinski definition) is 4. The summed E-state index contributed by atoms with van der Waals surface area (Å²) in [6.07, 6.45) is 3.12. The molecule has 5 nitrogen and oxygen atoms in total. The molecule has 0 aromatic carbocycles. The Morgan fingerprint density at radius 2 is 2.06 bits per heavy atom. The molecule has 90 valence electrons. The zero-order valence-electron chi connectivity index (χ0n) is 9.56. The van der Waals surface area contributed by atoms with Crippen LogP contribution in [0.3, 0.4) is 0 Å². The summed E-state index contributed by atoms with van der Waals surface area (Å²) in [4.78, 5) is 36.3. The van der Waals surface area contributed by atoms with Crippen LogP contribution >= 0.6 is 0 Å². The molecule has 1 heterocycles. The Hall–Kier alpha value is -1.91. The summed E-state index contributed by atoms with van der Waals surface area (Å²) in [6.45, 7) is 2.37. The van der Waals surface area contributed by atoms with Crippen molar-refractivity contribution in [1.29, 1.82) is 0 Å². The van der Waals surface area contributed by atoms with Gasteiger partial charge in [0.1, 0.15) is 5.70 Å². The number of ether oxygens (including phenoxy) is 1. The van der Waals surface area contributed by atoms with Crippen LogP contribution < -0.4 is 0 Å². The van der Waals surface area contributed by atoms with Crippen LogP contribution in [0.5, 0.6) is 0 Å². The predicted molar refractivity (Wildman–Crippen MR) is 59.1 cm³/mol. The fraction of sp³-hybridized carbons (Fsp3) is 0.417. The molecule has 0 aromatic heterocycles. The van der Waals surface area contributed by atoms with Crippen molar-refractivity contribution in [2.75, 3.05) is 13.2 Å². The third-order valence-corrected chi connectivity index (χ3v) is 2.77. The first kappa shape index (κ1) is 11.6. The smallest absolute Gasteiger partial charge is 0.414 e. The number of amides is 1. The van der Waals surface area contributed by atoms with Gasteiger partial charge in [-0.3, -0.25) is 14.5 Å². The van der Waals surface area contributed by atoms with Crippen LogP contribution in [-0.2, 0) is 14.3 Å². The third-order valence-electron chi connectivity index (χ3n) is 2.77. The van der Waals surface area contributed by atoms with Crippen LogP contribution in [-0.4, -0.2) is 35.7 Å². The minimum absolute atomic E-state index is 0.186. The molecule has 0 fully saturated rings. The zero-order valence-corrected chi connectivity index (χ0v) is 9.56. The molecular weight excluding hydrogens is 222 g/mol. The summed E-state index contributed by atoms with van der Waals surface area (Å²) < 4.78 is 4.88. The van der Waals surface area contributed by atoms with E-state index in [1.165, 1.54) is 17.1 Å². The van der Waals surface area contributed by atoms with Crippen LogP contribution in [0.1, 0.15) is 19.8 Å². The summed E-state index contributed by atoms with van der Waals surface area (Å²) in [5.74, 6) is -0.485. The molecule has 5 heteroatoms. The fourth-order valence-corrected chi connectivity index (χ4v) is 2.04. The van der Waals surface area contributed by atoms with E-state index in [1.54, 1.807) is 6.92 Å². The molecule has 0 atom stereocenters. The molecule has 0 spiro atoms. The first-order valence-electron chi connectivity index (χ1n) is 5.59. The average Bonchev–Trinajstić information content (AvgIpc) is 2.34. The molecular formula is C12H13NO4. The largest absolute Gasteiger partial charge is 0.449 e. The second-order valence-corrected chi connectivity index (χ2v) is 3.84. The van der Waals surface area contributed by atoms with E-state index in [1.807, 2.05) is 0 Å². The fourth-order valence-electron chi connectivity index (χ4n) is 2.04. The van der Waals surface area contributed by atoms with E-state index < -0.39 is 6.09 Å².